The third-order valence-electron chi connectivity index (χ3n) is 1.14. The van der Waals surface area contributed by atoms with Crippen LogP contribution in [0.25, 0.3) is 0 Å². The van der Waals surface area contributed by atoms with E-state index in [1.807, 2.05) is 31.2 Å². The molecule has 0 radical (unpaired) electrons. The van der Waals surface area contributed by atoms with E-state index in [1.54, 1.807) is 0 Å². The van der Waals surface area contributed by atoms with Gasteiger partial charge >= 0.3 is 0 Å². The van der Waals surface area contributed by atoms with Crippen LogP contribution in [0, 0.1) is 6.92 Å². The van der Waals surface area contributed by atoms with Crippen LogP contribution in [0.2, 0.25) is 0 Å². The van der Waals surface area contributed by atoms with Crippen molar-refractivity contribution in [3.05, 3.63) is 29.8 Å². The molecule has 1 nitrogen and oxygen atoms in total. The van der Waals surface area contributed by atoms with E-state index in [0.717, 1.165) is 16.9 Å². The molecule has 0 amide bonds. The van der Waals surface area contributed by atoms with Crippen molar-refractivity contribution in [2.24, 2.45) is 0 Å². The number of aryl methyl sites for hydroxylation is 1. The summed E-state index contributed by atoms with van der Waals surface area (Å²) >= 11 is 1.03. The summed E-state index contributed by atoms with van der Waals surface area (Å²) in [4.78, 5) is 1.00. The van der Waals surface area contributed by atoms with Gasteiger partial charge in [-0.1, -0.05) is 17.7 Å². The first-order valence-electron chi connectivity index (χ1n) is 2.73. The molecule has 9 heavy (non-hydrogen) atoms. The van der Waals surface area contributed by atoms with Crippen molar-refractivity contribution >= 4 is 12.0 Å². The molecule has 0 aromatic heterocycles. The number of rotatable bonds is 1. The Labute approximate surface area is 58.9 Å². The van der Waals surface area contributed by atoms with Gasteiger partial charge in [0, 0.05) is 0 Å². The summed E-state index contributed by atoms with van der Waals surface area (Å²) in [5, 5.41) is 0. The van der Waals surface area contributed by atoms with Gasteiger partial charge in [-0.25, -0.2) is 0 Å². The normalized spacial score (nSPS) is 9.56. The van der Waals surface area contributed by atoms with Crippen molar-refractivity contribution < 1.29 is 4.55 Å². The lowest BCUT2D eigenvalue weighted by Crippen LogP contribution is -1.70. The molecule has 0 atom stereocenters. The summed E-state index contributed by atoms with van der Waals surface area (Å²) in [5.41, 5.74) is 1.24. The highest BCUT2D eigenvalue weighted by molar-refractivity contribution is 7.93. The molecule has 1 aromatic carbocycles. The first-order chi connectivity index (χ1) is 4.33. The lowest BCUT2D eigenvalue weighted by molar-refractivity contribution is 0.664. The van der Waals surface area contributed by atoms with Gasteiger partial charge in [0.25, 0.3) is 0 Å². The molecule has 0 spiro atoms. The van der Waals surface area contributed by atoms with Crippen LogP contribution in [0.5, 0.6) is 0 Å². The third kappa shape index (κ3) is 1.73. The molecule has 48 valence electrons. The van der Waals surface area contributed by atoms with E-state index in [-0.39, 0.29) is 0 Å². The average Bonchev–Trinajstić information content (AvgIpc) is 1.90. The largest absolute Gasteiger partial charge is 0.367 e. The summed E-state index contributed by atoms with van der Waals surface area (Å²) < 4.78 is 6.93. The molecule has 0 unspecified atom stereocenters. The summed E-state index contributed by atoms with van der Waals surface area (Å²) in [6.45, 7) is 2.04. The Bertz CT molecular complexity index is 181. The van der Waals surface area contributed by atoms with Crippen molar-refractivity contribution in [1.82, 2.24) is 0 Å². The van der Waals surface area contributed by atoms with Gasteiger partial charge in [-0.2, -0.15) is 0 Å². The van der Waals surface area contributed by atoms with Gasteiger partial charge in [0.1, 0.15) is 0 Å². The maximum Gasteiger partial charge on any atom is 0.223 e. The molecular formula is C7H9OS+. The minimum atomic E-state index is 1.00. The zero-order valence-electron chi connectivity index (χ0n) is 5.22. The lowest BCUT2D eigenvalue weighted by atomic mass is 10.2. The smallest absolute Gasteiger partial charge is 0.223 e. The van der Waals surface area contributed by atoms with Crippen LogP contribution >= 0.6 is 12.0 Å². The van der Waals surface area contributed by atoms with Gasteiger partial charge in [0.05, 0.1) is 4.90 Å². The Kier molecular flexibility index (Phi) is 2.14. The molecule has 2 N–H and O–H groups in total. The molecule has 1 aromatic rings. The maximum absolute atomic E-state index is 6.93. The first kappa shape index (κ1) is 6.65. The van der Waals surface area contributed by atoms with E-state index < -0.39 is 0 Å². The number of hydrogen-bond donors (Lipinski definition) is 0. The lowest BCUT2D eigenvalue weighted by Gasteiger charge is -1.89. The number of hydrogen-bond acceptors (Lipinski definition) is 1. The molecule has 0 bridgehead atoms. The quantitative estimate of drug-likeness (QED) is 0.431. The van der Waals surface area contributed by atoms with Crippen LogP contribution in [0.1, 0.15) is 5.56 Å². The van der Waals surface area contributed by atoms with E-state index in [1.165, 1.54) is 5.56 Å². The number of benzene rings is 1. The van der Waals surface area contributed by atoms with Gasteiger partial charge in [0.15, 0.2) is 0 Å². The van der Waals surface area contributed by atoms with Gasteiger partial charge < -0.3 is 4.55 Å². The fourth-order valence-electron chi connectivity index (χ4n) is 0.606. The second kappa shape index (κ2) is 2.90. The Morgan fingerprint density at radius 1 is 1.22 bits per heavy atom. The molecule has 0 saturated heterocycles. The SMILES string of the molecule is Cc1ccc(S[OH2+])cc1. The Morgan fingerprint density at radius 2 is 1.78 bits per heavy atom. The van der Waals surface area contributed by atoms with Gasteiger partial charge in [-0.3, -0.25) is 0 Å². The van der Waals surface area contributed by atoms with E-state index in [2.05, 4.69) is 0 Å². The van der Waals surface area contributed by atoms with Crippen molar-refractivity contribution in [2.45, 2.75) is 11.8 Å². The Hall–Kier alpha value is -0.470. The minimum absolute atomic E-state index is 1.00. The fourth-order valence-corrected chi connectivity index (χ4v) is 0.878. The second-order valence-electron chi connectivity index (χ2n) is 1.92. The third-order valence-corrected chi connectivity index (χ3v) is 1.65. The predicted molar refractivity (Wildman–Crippen MR) is 40.6 cm³/mol. The van der Waals surface area contributed by atoms with E-state index in [4.69, 9.17) is 4.55 Å². The summed E-state index contributed by atoms with van der Waals surface area (Å²) in [7, 11) is 0. The Balaban J connectivity index is 2.88. The van der Waals surface area contributed by atoms with E-state index in [9.17, 15) is 0 Å². The highest BCUT2D eigenvalue weighted by atomic mass is 32.2. The topological polar surface area (TPSA) is 22.9 Å². The van der Waals surface area contributed by atoms with Crippen LogP contribution in [0.3, 0.4) is 0 Å². The average molecular weight is 141 g/mol. The highest BCUT2D eigenvalue weighted by Gasteiger charge is 1.91. The molecule has 0 saturated carbocycles. The first-order valence-corrected chi connectivity index (χ1v) is 3.55. The molecule has 0 fully saturated rings. The monoisotopic (exact) mass is 141 g/mol. The second-order valence-corrected chi connectivity index (χ2v) is 2.59. The van der Waals surface area contributed by atoms with Gasteiger partial charge in [0.2, 0.25) is 12.0 Å². The molecule has 2 heteroatoms. The molecule has 1 rings (SSSR count). The van der Waals surface area contributed by atoms with Crippen LogP contribution in [0.4, 0.5) is 0 Å². The Morgan fingerprint density at radius 3 is 2.22 bits per heavy atom. The standard InChI is InChI=1S/C7H8OS/c1-6-2-4-7(9-8)5-3-6/h2-5,8H,1H3/p+1. The van der Waals surface area contributed by atoms with Crippen LogP contribution in [0.15, 0.2) is 29.2 Å². The predicted octanol–water partition coefficient (Wildman–Crippen LogP) is 1.73. The zero-order valence-corrected chi connectivity index (χ0v) is 6.03. The van der Waals surface area contributed by atoms with Crippen LogP contribution in [-0.2, 0) is 0 Å². The van der Waals surface area contributed by atoms with Crippen LogP contribution < -0.4 is 0 Å². The maximum atomic E-state index is 6.93. The molecule has 0 aliphatic carbocycles. The van der Waals surface area contributed by atoms with Crippen molar-refractivity contribution in [3.63, 3.8) is 0 Å². The van der Waals surface area contributed by atoms with Crippen LogP contribution in [-0.4, -0.2) is 4.55 Å². The summed E-state index contributed by atoms with van der Waals surface area (Å²) in [6.07, 6.45) is 0. The molecule has 0 heterocycles. The highest BCUT2D eigenvalue weighted by Crippen LogP contribution is 2.13. The molecule has 0 aliphatic rings. The fraction of sp³-hybridized carbons (Fsp3) is 0.143. The minimum Gasteiger partial charge on any atom is -0.367 e. The zero-order chi connectivity index (χ0) is 6.69. The molecular weight excluding hydrogens is 132 g/mol. The van der Waals surface area contributed by atoms with E-state index in [0.29, 0.717) is 0 Å². The summed E-state index contributed by atoms with van der Waals surface area (Å²) in [6, 6.07) is 7.92. The molecule has 0 aliphatic heterocycles. The van der Waals surface area contributed by atoms with Gasteiger partial charge in [-0.15, -0.1) is 0 Å². The van der Waals surface area contributed by atoms with E-state index >= 15 is 0 Å². The summed E-state index contributed by atoms with van der Waals surface area (Å²) in [5.74, 6) is 0. The van der Waals surface area contributed by atoms with Crippen molar-refractivity contribution in [1.29, 1.82) is 0 Å². The van der Waals surface area contributed by atoms with Crippen molar-refractivity contribution in [2.75, 3.05) is 0 Å². The van der Waals surface area contributed by atoms with Gasteiger partial charge in [-0.05, 0) is 19.1 Å². The van der Waals surface area contributed by atoms with Crippen molar-refractivity contribution in [3.8, 4) is 0 Å².